The average molecular weight is 245 g/mol. The minimum atomic E-state index is -4.54. The summed E-state index contributed by atoms with van der Waals surface area (Å²) in [4.78, 5) is 3.51. The Bertz CT molecular complexity index is 547. The molecular formula is C10H10F3N3O. The van der Waals surface area contributed by atoms with Gasteiger partial charge in [0.1, 0.15) is 5.75 Å². The number of hydrogen-bond donors (Lipinski definition) is 2. The Morgan fingerprint density at radius 2 is 2.06 bits per heavy atom. The first-order valence-corrected chi connectivity index (χ1v) is 4.90. The first kappa shape index (κ1) is 11.7. The highest BCUT2D eigenvalue weighted by Crippen LogP contribution is 2.32. The summed E-state index contributed by atoms with van der Waals surface area (Å²) in [5.41, 5.74) is 5.69. The van der Waals surface area contributed by atoms with E-state index in [4.69, 9.17) is 5.73 Å². The number of aromatic hydroxyl groups is 1. The minimum Gasteiger partial charge on any atom is -0.508 e. The summed E-state index contributed by atoms with van der Waals surface area (Å²) < 4.78 is 39.1. The molecule has 0 bridgehead atoms. The second-order valence-corrected chi connectivity index (χ2v) is 3.55. The summed E-state index contributed by atoms with van der Waals surface area (Å²) in [6.45, 7) is 0.0546. The maximum atomic E-state index is 12.7. The Hall–Kier alpha value is -1.76. The van der Waals surface area contributed by atoms with Gasteiger partial charge in [-0.3, -0.25) is 0 Å². The molecule has 1 heterocycles. The number of hydrogen-bond acceptors (Lipinski definition) is 3. The van der Waals surface area contributed by atoms with E-state index in [2.05, 4.69) is 4.98 Å². The van der Waals surface area contributed by atoms with Crippen molar-refractivity contribution in [1.29, 1.82) is 0 Å². The molecule has 0 radical (unpaired) electrons. The van der Waals surface area contributed by atoms with Crippen molar-refractivity contribution in [1.82, 2.24) is 9.55 Å². The van der Waals surface area contributed by atoms with E-state index in [9.17, 15) is 18.3 Å². The molecule has 0 saturated carbocycles. The van der Waals surface area contributed by atoms with Crippen LogP contribution in [0.15, 0.2) is 18.2 Å². The van der Waals surface area contributed by atoms with E-state index in [-0.39, 0.29) is 29.9 Å². The zero-order valence-corrected chi connectivity index (χ0v) is 8.70. The maximum absolute atomic E-state index is 12.7. The van der Waals surface area contributed by atoms with Crippen LogP contribution in [0.25, 0.3) is 11.0 Å². The SMILES string of the molecule is NCCn1c(C(F)(F)F)nc2ccc(O)cc21. The van der Waals surface area contributed by atoms with Crippen molar-refractivity contribution in [2.24, 2.45) is 5.73 Å². The number of nitrogens with two attached hydrogens (primary N) is 1. The van der Waals surface area contributed by atoms with Gasteiger partial charge in [0.2, 0.25) is 5.82 Å². The van der Waals surface area contributed by atoms with E-state index in [1.54, 1.807) is 0 Å². The highest BCUT2D eigenvalue weighted by molar-refractivity contribution is 5.77. The maximum Gasteiger partial charge on any atom is 0.449 e. The zero-order valence-electron chi connectivity index (χ0n) is 8.70. The molecule has 0 atom stereocenters. The van der Waals surface area contributed by atoms with Crippen molar-refractivity contribution in [3.8, 4) is 5.75 Å². The van der Waals surface area contributed by atoms with Gasteiger partial charge in [0.25, 0.3) is 0 Å². The summed E-state index contributed by atoms with van der Waals surface area (Å²) >= 11 is 0. The molecule has 3 N–H and O–H groups in total. The fourth-order valence-corrected chi connectivity index (χ4v) is 1.68. The minimum absolute atomic E-state index is 0.00516. The normalized spacial score (nSPS) is 12.2. The predicted molar refractivity (Wildman–Crippen MR) is 55.5 cm³/mol. The summed E-state index contributed by atoms with van der Waals surface area (Å²) in [6.07, 6.45) is -4.54. The first-order valence-electron chi connectivity index (χ1n) is 4.90. The van der Waals surface area contributed by atoms with E-state index in [1.165, 1.54) is 18.2 Å². The summed E-state index contributed by atoms with van der Waals surface area (Å²) in [5, 5.41) is 9.28. The van der Waals surface area contributed by atoms with Crippen LogP contribution in [0.5, 0.6) is 5.75 Å². The van der Waals surface area contributed by atoms with Gasteiger partial charge in [-0.1, -0.05) is 0 Å². The molecule has 0 unspecified atom stereocenters. The van der Waals surface area contributed by atoms with Crippen molar-refractivity contribution in [3.05, 3.63) is 24.0 Å². The molecule has 1 aromatic heterocycles. The largest absolute Gasteiger partial charge is 0.508 e. The summed E-state index contributed by atoms with van der Waals surface area (Å²) in [7, 11) is 0. The molecule has 0 amide bonds. The van der Waals surface area contributed by atoms with Gasteiger partial charge in [-0.15, -0.1) is 0 Å². The number of phenolic OH excluding ortho intramolecular Hbond substituents is 1. The Morgan fingerprint density at radius 1 is 1.35 bits per heavy atom. The van der Waals surface area contributed by atoms with Crippen LogP contribution in [-0.2, 0) is 12.7 Å². The second-order valence-electron chi connectivity index (χ2n) is 3.55. The van der Waals surface area contributed by atoms with Crippen LogP contribution < -0.4 is 5.73 Å². The molecule has 0 saturated heterocycles. The molecule has 92 valence electrons. The van der Waals surface area contributed by atoms with Gasteiger partial charge in [0.05, 0.1) is 11.0 Å². The lowest BCUT2D eigenvalue weighted by atomic mass is 10.3. The molecule has 0 fully saturated rings. The standard InChI is InChI=1S/C10H10F3N3O/c11-10(12,13)9-15-7-2-1-6(17)5-8(7)16(9)4-3-14/h1-2,5,17H,3-4,14H2. The fraction of sp³-hybridized carbons (Fsp3) is 0.300. The van der Waals surface area contributed by atoms with E-state index >= 15 is 0 Å². The Morgan fingerprint density at radius 3 is 2.65 bits per heavy atom. The number of phenols is 1. The lowest BCUT2D eigenvalue weighted by Gasteiger charge is -2.09. The van der Waals surface area contributed by atoms with E-state index < -0.39 is 12.0 Å². The predicted octanol–water partition coefficient (Wildman–Crippen LogP) is 1.72. The van der Waals surface area contributed by atoms with Crippen LogP contribution in [0.2, 0.25) is 0 Å². The average Bonchev–Trinajstić information content (AvgIpc) is 2.57. The Balaban J connectivity index is 2.71. The summed E-state index contributed by atoms with van der Waals surface area (Å²) in [5.74, 6) is -1.10. The zero-order chi connectivity index (χ0) is 12.6. The smallest absolute Gasteiger partial charge is 0.449 e. The van der Waals surface area contributed by atoms with Crippen LogP contribution in [0.4, 0.5) is 13.2 Å². The number of imidazole rings is 1. The molecule has 7 heteroatoms. The number of alkyl halides is 3. The fourth-order valence-electron chi connectivity index (χ4n) is 1.68. The van der Waals surface area contributed by atoms with E-state index in [1.807, 2.05) is 0 Å². The molecule has 0 aliphatic heterocycles. The number of nitrogens with zero attached hydrogens (tertiary/aromatic N) is 2. The monoisotopic (exact) mass is 245 g/mol. The van der Waals surface area contributed by atoms with Crippen LogP contribution >= 0.6 is 0 Å². The van der Waals surface area contributed by atoms with Crippen LogP contribution in [-0.4, -0.2) is 21.2 Å². The molecule has 0 aliphatic carbocycles. The Kier molecular flexibility index (Phi) is 2.70. The van der Waals surface area contributed by atoms with Gasteiger partial charge in [-0.2, -0.15) is 13.2 Å². The van der Waals surface area contributed by atoms with Crippen molar-refractivity contribution < 1.29 is 18.3 Å². The topological polar surface area (TPSA) is 64.1 Å². The molecule has 2 aromatic rings. The van der Waals surface area contributed by atoms with Gasteiger partial charge in [0.15, 0.2) is 0 Å². The first-order chi connectivity index (χ1) is 7.93. The van der Waals surface area contributed by atoms with Gasteiger partial charge >= 0.3 is 6.18 Å². The van der Waals surface area contributed by atoms with E-state index in [0.717, 1.165) is 4.57 Å². The molecular weight excluding hydrogens is 235 g/mol. The van der Waals surface area contributed by atoms with Gasteiger partial charge in [-0.05, 0) is 12.1 Å². The molecule has 4 nitrogen and oxygen atoms in total. The second kappa shape index (κ2) is 3.92. The number of aromatic nitrogens is 2. The van der Waals surface area contributed by atoms with Gasteiger partial charge < -0.3 is 15.4 Å². The lowest BCUT2D eigenvalue weighted by molar-refractivity contribution is -0.146. The third kappa shape index (κ3) is 2.05. The van der Waals surface area contributed by atoms with Crippen molar-refractivity contribution in [2.75, 3.05) is 6.54 Å². The highest BCUT2D eigenvalue weighted by Gasteiger charge is 2.37. The quantitative estimate of drug-likeness (QED) is 0.846. The molecule has 0 aliphatic rings. The number of benzene rings is 1. The molecule has 1 aromatic carbocycles. The third-order valence-corrected chi connectivity index (χ3v) is 2.34. The molecule has 17 heavy (non-hydrogen) atoms. The number of rotatable bonds is 2. The number of halogens is 3. The van der Waals surface area contributed by atoms with Crippen LogP contribution in [0.1, 0.15) is 5.82 Å². The van der Waals surface area contributed by atoms with Crippen LogP contribution in [0, 0.1) is 0 Å². The molecule has 2 rings (SSSR count). The highest BCUT2D eigenvalue weighted by atomic mass is 19.4. The van der Waals surface area contributed by atoms with Gasteiger partial charge in [0, 0.05) is 19.2 Å². The third-order valence-electron chi connectivity index (χ3n) is 2.34. The van der Waals surface area contributed by atoms with Gasteiger partial charge in [-0.25, -0.2) is 4.98 Å². The lowest BCUT2D eigenvalue weighted by Crippen LogP contribution is -2.18. The van der Waals surface area contributed by atoms with Crippen LogP contribution in [0.3, 0.4) is 0 Å². The van der Waals surface area contributed by atoms with Crippen molar-refractivity contribution in [2.45, 2.75) is 12.7 Å². The number of fused-ring (bicyclic) bond motifs is 1. The Labute approximate surface area is 94.5 Å². The van der Waals surface area contributed by atoms with Crippen molar-refractivity contribution in [3.63, 3.8) is 0 Å². The van der Waals surface area contributed by atoms with E-state index in [0.29, 0.717) is 0 Å². The summed E-state index contributed by atoms with van der Waals surface area (Å²) in [6, 6.07) is 3.88. The molecule has 0 spiro atoms. The van der Waals surface area contributed by atoms with Crippen molar-refractivity contribution >= 4 is 11.0 Å².